The predicted molar refractivity (Wildman–Crippen MR) is 97.6 cm³/mol. The molecule has 0 bridgehead atoms. The fourth-order valence-electron chi connectivity index (χ4n) is 2.05. The quantitative estimate of drug-likeness (QED) is 0.698. The van der Waals surface area contributed by atoms with Gasteiger partial charge in [-0.1, -0.05) is 0 Å². The molecule has 0 aliphatic heterocycles. The molecule has 2 rings (SSSR count). The first-order valence-corrected chi connectivity index (χ1v) is 7.59. The van der Waals surface area contributed by atoms with Crippen LogP contribution >= 0.6 is 0 Å². The minimum absolute atomic E-state index is 0.385. The van der Waals surface area contributed by atoms with E-state index in [9.17, 15) is 4.79 Å². The van der Waals surface area contributed by atoms with Gasteiger partial charge in [0.1, 0.15) is 34.5 Å². The van der Waals surface area contributed by atoms with Crippen molar-refractivity contribution in [2.45, 2.75) is 0 Å². The molecule has 0 amide bonds. The van der Waals surface area contributed by atoms with Crippen molar-refractivity contribution in [3.8, 4) is 34.5 Å². The predicted octanol–water partition coefficient (Wildman–Crippen LogP) is 3.24. The van der Waals surface area contributed by atoms with E-state index in [0.717, 1.165) is 17.2 Å². The number of hydrogen-bond acceptors (Lipinski definition) is 7. The number of aldehydes is 1. The summed E-state index contributed by atoms with van der Waals surface area (Å²) < 4.78 is 30.2. The molecule has 2 aromatic rings. The van der Waals surface area contributed by atoms with E-state index in [4.69, 9.17) is 28.4 Å². The maximum absolute atomic E-state index is 10.8. The van der Waals surface area contributed by atoms with Gasteiger partial charge >= 0.3 is 0 Å². The molecule has 0 aliphatic rings. The van der Waals surface area contributed by atoms with Crippen molar-refractivity contribution in [1.82, 2.24) is 0 Å². The summed E-state index contributed by atoms with van der Waals surface area (Å²) in [6.45, 7) is 0. The molecule has 2 aromatic carbocycles. The van der Waals surface area contributed by atoms with Gasteiger partial charge < -0.3 is 28.4 Å². The van der Waals surface area contributed by atoms with Crippen molar-refractivity contribution in [2.75, 3.05) is 42.7 Å². The normalized spacial score (nSPS) is 9.31. The molecule has 7 heteroatoms. The summed E-state index contributed by atoms with van der Waals surface area (Å²) in [7, 11) is 9.33. The first-order chi connectivity index (χ1) is 12.6. The van der Waals surface area contributed by atoms with Crippen LogP contribution in [0.15, 0.2) is 30.3 Å². The van der Waals surface area contributed by atoms with E-state index < -0.39 is 0 Å². The number of carbonyl (C=O) groups excluding carboxylic acids is 1. The van der Waals surface area contributed by atoms with Crippen LogP contribution in [0.3, 0.4) is 0 Å². The second kappa shape index (κ2) is 10.7. The highest BCUT2D eigenvalue weighted by Crippen LogP contribution is 2.32. The Labute approximate surface area is 153 Å². The molecule has 0 radical (unpaired) electrons. The molecule has 0 spiro atoms. The Hall–Kier alpha value is -3.09. The zero-order chi connectivity index (χ0) is 19.5. The Bertz CT molecular complexity index is 633. The van der Waals surface area contributed by atoms with Gasteiger partial charge in [-0.2, -0.15) is 0 Å². The van der Waals surface area contributed by atoms with Crippen molar-refractivity contribution in [2.24, 2.45) is 0 Å². The number of carbonyl (C=O) groups is 1. The Morgan fingerprint density at radius 3 is 1.08 bits per heavy atom. The molecule has 0 saturated carbocycles. The van der Waals surface area contributed by atoms with Crippen LogP contribution in [0.1, 0.15) is 10.4 Å². The lowest BCUT2D eigenvalue weighted by Crippen LogP contribution is -1.96. The standard InChI is InChI=1S/C10H12O4.C9H12O3/c1-12-7-4-9(13-2)8(6-11)10(5-7)14-3;1-10-7-4-8(11-2)6-9(5-7)12-3/h4-6H,1-3H3;4-6H,1-3H3. The summed E-state index contributed by atoms with van der Waals surface area (Å²) in [6.07, 6.45) is 0.692. The van der Waals surface area contributed by atoms with Gasteiger partial charge in [-0.15, -0.1) is 0 Å². The summed E-state index contributed by atoms with van der Waals surface area (Å²) in [5.41, 5.74) is 0.385. The van der Waals surface area contributed by atoms with Crippen LogP contribution in [0.4, 0.5) is 0 Å². The smallest absolute Gasteiger partial charge is 0.157 e. The summed E-state index contributed by atoms with van der Waals surface area (Å²) in [5, 5.41) is 0. The second-order valence-corrected chi connectivity index (χ2v) is 4.82. The molecule has 0 unspecified atom stereocenters. The largest absolute Gasteiger partial charge is 0.496 e. The molecule has 0 aliphatic carbocycles. The Morgan fingerprint density at radius 1 is 0.538 bits per heavy atom. The van der Waals surface area contributed by atoms with Crippen molar-refractivity contribution < 1.29 is 33.2 Å². The van der Waals surface area contributed by atoms with Crippen LogP contribution in [0.5, 0.6) is 34.5 Å². The van der Waals surface area contributed by atoms with Crippen LogP contribution in [-0.4, -0.2) is 48.9 Å². The van der Waals surface area contributed by atoms with Crippen molar-refractivity contribution in [3.05, 3.63) is 35.9 Å². The monoisotopic (exact) mass is 364 g/mol. The van der Waals surface area contributed by atoms with E-state index in [0.29, 0.717) is 29.1 Å². The van der Waals surface area contributed by atoms with E-state index in [1.165, 1.54) is 21.3 Å². The summed E-state index contributed by atoms with van der Waals surface area (Å²) in [4.78, 5) is 10.8. The highest BCUT2D eigenvalue weighted by molar-refractivity contribution is 5.84. The fraction of sp³-hybridized carbons (Fsp3) is 0.316. The summed E-state index contributed by atoms with van der Waals surface area (Å²) >= 11 is 0. The van der Waals surface area contributed by atoms with E-state index in [-0.39, 0.29) is 0 Å². The third-order valence-electron chi connectivity index (χ3n) is 3.43. The summed E-state index contributed by atoms with van der Waals surface area (Å²) in [6, 6.07) is 8.64. The van der Waals surface area contributed by atoms with Gasteiger partial charge in [-0.3, -0.25) is 4.79 Å². The fourth-order valence-corrected chi connectivity index (χ4v) is 2.05. The highest BCUT2D eigenvalue weighted by atomic mass is 16.5. The Kier molecular flexibility index (Phi) is 8.63. The molecule has 142 valence electrons. The van der Waals surface area contributed by atoms with Crippen molar-refractivity contribution >= 4 is 6.29 Å². The van der Waals surface area contributed by atoms with Gasteiger partial charge in [0.2, 0.25) is 0 Å². The SMILES string of the molecule is COc1cc(OC)c(C=O)c(OC)c1.COc1cc(OC)cc(OC)c1. The van der Waals surface area contributed by atoms with Crippen LogP contribution < -0.4 is 28.4 Å². The van der Waals surface area contributed by atoms with Crippen LogP contribution in [0.25, 0.3) is 0 Å². The lowest BCUT2D eigenvalue weighted by molar-refractivity contribution is 0.111. The molecule has 0 heterocycles. The second-order valence-electron chi connectivity index (χ2n) is 4.82. The molecular formula is C19H24O7. The van der Waals surface area contributed by atoms with Crippen LogP contribution in [-0.2, 0) is 0 Å². The maximum atomic E-state index is 10.8. The topological polar surface area (TPSA) is 72.5 Å². The lowest BCUT2D eigenvalue weighted by atomic mass is 10.2. The number of ether oxygens (including phenoxy) is 6. The van der Waals surface area contributed by atoms with Gasteiger partial charge in [-0.05, 0) is 0 Å². The summed E-state index contributed by atoms with van der Waals surface area (Å²) in [5.74, 6) is 3.65. The molecule has 0 N–H and O–H groups in total. The zero-order valence-corrected chi connectivity index (χ0v) is 15.8. The van der Waals surface area contributed by atoms with Gasteiger partial charge in [0.15, 0.2) is 6.29 Å². The Morgan fingerprint density at radius 2 is 0.846 bits per heavy atom. The Balaban J connectivity index is 0.000000263. The van der Waals surface area contributed by atoms with Gasteiger partial charge in [-0.25, -0.2) is 0 Å². The van der Waals surface area contributed by atoms with Gasteiger partial charge in [0.25, 0.3) is 0 Å². The molecule has 0 fully saturated rings. The maximum Gasteiger partial charge on any atom is 0.157 e. The average molecular weight is 364 g/mol. The molecule has 26 heavy (non-hydrogen) atoms. The minimum Gasteiger partial charge on any atom is -0.496 e. The average Bonchev–Trinajstić information content (AvgIpc) is 2.72. The van der Waals surface area contributed by atoms with Crippen molar-refractivity contribution in [3.63, 3.8) is 0 Å². The van der Waals surface area contributed by atoms with E-state index >= 15 is 0 Å². The van der Waals surface area contributed by atoms with Gasteiger partial charge in [0, 0.05) is 30.3 Å². The van der Waals surface area contributed by atoms with Crippen LogP contribution in [0.2, 0.25) is 0 Å². The van der Waals surface area contributed by atoms with Crippen molar-refractivity contribution in [1.29, 1.82) is 0 Å². The van der Waals surface area contributed by atoms with E-state index in [2.05, 4.69) is 0 Å². The third-order valence-corrected chi connectivity index (χ3v) is 3.43. The molecule has 7 nitrogen and oxygen atoms in total. The molecule has 0 atom stereocenters. The number of rotatable bonds is 7. The lowest BCUT2D eigenvalue weighted by Gasteiger charge is -2.10. The van der Waals surface area contributed by atoms with Crippen LogP contribution in [0, 0.1) is 0 Å². The third kappa shape index (κ3) is 5.47. The van der Waals surface area contributed by atoms with Gasteiger partial charge in [0.05, 0.1) is 48.2 Å². The number of methoxy groups -OCH3 is 6. The number of hydrogen-bond donors (Lipinski definition) is 0. The molecule has 0 aromatic heterocycles. The highest BCUT2D eigenvalue weighted by Gasteiger charge is 2.11. The van der Waals surface area contributed by atoms with E-state index in [1.54, 1.807) is 51.7 Å². The number of benzene rings is 2. The first kappa shape index (κ1) is 21.0. The minimum atomic E-state index is 0.385. The van der Waals surface area contributed by atoms with E-state index in [1.807, 2.05) is 0 Å². The first-order valence-electron chi connectivity index (χ1n) is 7.59. The molecular weight excluding hydrogens is 340 g/mol. The zero-order valence-electron chi connectivity index (χ0n) is 15.8. The molecule has 0 saturated heterocycles.